The van der Waals surface area contributed by atoms with E-state index < -0.39 is 0 Å². The number of hydrogen-bond acceptors (Lipinski definition) is 2. The van der Waals surface area contributed by atoms with Gasteiger partial charge < -0.3 is 9.30 Å². The van der Waals surface area contributed by atoms with Gasteiger partial charge in [0.2, 0.25) is 0 Å². The molecule has 0 spiro atoms. The molecule has 4 rings (SSSR count). The van der Waals surface area contributed by atoms with Crippen molar-refractivity contribution >= 4 is 22.6 Å². The summed E-state index contributed by atoms with van der Waals surface area (Å²) in [6.07, 6.45) is 0.889. The molecule has 3 aromatic carbocycles. The minimum Gasteiger partial charge on any atom is -0.494 e. The van der Waals surface area contributed by atoms with Crippen LogP contribution < -0.4 is 4.74 Å². The van der Waals surface area contributed by atoms with Crippen molar-refractivity contribution in [3.8, 4) is 17.1 Å². The van der Waals surface area contributed by atoms with E-state index in [9.17, 15) is 0 Å². The molecule has 4 aromatic rings. The van der Waals surface area contributed by atoms with E-state index in [1.807, 2.05) is 32.0 Å². The molecule has 0 saturated heterocycles. The number of aryl methyl sites for hydroxylation is 4. The molecule has 0 aliphatic heterocycles. The minimum absolute atomic E-state index is 0.639. The number of nitrogens with zero attached hydrogens (tertiary/aromatic N) is 2. The molecule has 0 radical (unpaired) electrons. The quantitative estimate of drug-likeness (QED) is 0.332. The molecule has 148 valence electrons. The Balaban J connectivity index is 1.54. The van der Waals surface area contributed by atoms with Gasteiger partial charge in [-0.15, -0.1) is 0 Å². The van der Waals surface area contributed by atoms with Crippen molar-refractivity contribution in [3.63, 3.8) is 0 Å². The van der Waals surface area contributed by atoms with Crippen LogP contribution in [-0.4, -0.2) is 16.2 Å². The average Bonchev–Trinajstić information content (AvgIpc) is 3.08. The van der Waals surface area contributed by atoms with Crippen LogP contribution in [0.4, 0.5) is 0 Å². The lowest BCUT2D eigenvalue weighted by atomic mass is 10.1. The highest BCUT2D eigenvalue weighted by Gasteiger charge is 2.12. The predicted molar refractivity (Wildman–Crippen MR) is 121 cm³/mol. The Kier molecular flexibility index (Phi) is 5.59. The lowest BCUT2D eigenvalue weighted by molar-refractivity contribution is 0.302. The zero-order valence-electron chi connectivity index (χ0n) is 17.1. The van der Waals surface area contributed by atoms with Crippen molar-refractivity contribution in [3.05, 3.63) is 82.4 Å². The maximum Gasteiger partial charge on any atom is 0.141 e. The van der Waals surface area contributed by atoms with Crippen molar-refractivity contribution in [2.45, 2.75) is 33.7 Å². The van der Waals surface area contributed by atoms with E-state index in [2.05, 4.69) is 54.0 Å². The van der Waals surface area contributed by atoms with Gasteiger partial charge in [0.25, 0.3) is 0 Å². The number of benzene rings is 3. The molecule has 29 heavy (non-hydrogen) atoms. The van der Waals surface area contributed by atoms with Gasteiger partial charge in [-0.3, -0.25) is 0 Å². The lowest BCUT2D eigenvalue weighted by Gasteiger charge is -2.12. The summed E-state index contributed by atoms with van der Waals surface area (Å²) in [5.74, 6) is 1.88. The third-order valence-corrected chi connectivity index (χ3v) is 5.73. The first-order chi connectivity index (χ1) is 14.0. The molecule has 3 nitrogen and oxygen atoms in total. The van der Waals surface area contributed by atoms with Crippen molar-refractivity contribution in [2.24, 2.45) is 0 Å². The van der Waals surface area contributed by atoms with E-state index in [0.717, 1.165) is 57.3 Å². The Labute approximate surface area is 176 Å². The first-order valence-electron chi connectivity index (χ1n) is 9.95. The van der Waals surface area contributed by atoms with Crippen LogP contribution in [0.1, 0.15) is 23.1 Å². The Hall–Kier alpha value is -2.78. The maximum absolute atomic E-state index is 6.25. The molecule has 0 amide bonds. The van der Waals surface area contributed by atoms with E-state index in [-0.39, 0.29) is 0 Å². The monoisotopic (exact) mass is 404 g/mol. The zero-order valence-corrected chi connectivity index (χ0v) is 17.8. The summed E-state index contributed by atoms with van der Waals surface area (Å²) in [5, 5.41) is 0.810. The van der Waals surface area contributed by atoms with Gasteiger partial charge >= 0.3 is 0 Å². The second-order valence-corrected chi connectivity index (χ2v) is 7.90. The van der Waals surface area contributed by atoms with Gasteiger partial charge in [0.05, 0.1) is 17.6 Å². The van der Waals surface area contributed by atoms with E-state index in [1.54, 1.807) is 0 Å². The maximum atomic E-state index is 6.25. The Morgan fingerprint density at radius 2 is 1.69 bits per heavy atom. The fraction of sp³-hybridized carbons (Fsp3) is 0.240. The highest BCUT2D eigenvalue weighted by molar-refractivity contribution is 6.32. The van der Waals surface area contributed by atoms with Gasteiger partial charge in [0.1, 0.15) is 11.6 Å². The second-order valence-electron chi connectivity index (χ2n) is 7.52. The molecule has 4 heteroatoms. The fourth-order valence-corrected chi connectivity index (χ4v) is 3.82. The van der Waals surface area contributed by atoms with Crippen molar-refractivity contribution in [1.29, 1.82) is 0 Å². The number of fused-ring (bicyclic) bond motifs is 1. The summed E-state index contributed by atoms with van der Waals surface area (Å²) in [4.78, 5) is 4.90. The summed E-state index contributed by atoms with van der Waals surface area (Å²) in [6, 6.07) is 20.8. The Morgan fingerprint density at radius 1 is 0.931 bits per heavy atom. The predicted octanol–water partition coefficient (Wildman–Crippen LogP) is 6.75. The van der Waals surface area contributed by atoms with E-state index in [1.165, 1.54) is 5.56 Å². The van der Waals surface area contributed by atoms with Crippen molar-refractivity contribution in [1.82, 2.24) is 9.55 Å². The normalized spacial score (nSPS) is 11.2. The van der Waals surface area contributed by atoms with Crippen LogP contribution in [0.25, 0.3) is 22.4 Å². The van der Waals surface area contributed by atoms with Crippen LogP contribution >= 0.6 is 11.6 Å². The van der Waals surface area contributed by atoms with E-state index >= 15 is 0 Å². The lowest BCUT2D eigenvalue weighted by Crippen LogP contribution is -2.06. The SMILES string of the molecule is Cc1cccc(-c2nc3ccccc3n2CCCOc2cc(C)c(Cl)c(C)c2)c1. The molecule has 0 fully saturated rings. The van der Waals surface area contributed by atoms with Crippen molar-refractivity contribution < 1.29 is 4.74 Å². The van der Waals surface area contributed by atoms with Gasteiger partial charge in [-0.2, -0.15) is 0 Å². The van der Waals surface area contributed by atoms with Crippen molar-refractivity contribution in [2.75, 3.05) is 6.61 Å². The fourth-order valence-electron chi connectivity index (χ4n) is 3.71. The summed E-state index contributed by atoms with van der Waals surface area (Å²) in [7, 11) is 0. The topological polar surface area (TPSA) is 27.1 Å². The van der Waals surface area contributed by atoms with Crippen LogP contribution in [0.5, 0.6) is 5.75 Å². The number of hydrogen-bond donors (Lipinski definition) is 0. The van der Waals surface area contributed by atoms with E-state index in [0.29, 0.717) is 6.61 Å². The Bertz CT molecular complexity index is 1140. The standard InChI is InChI=1S/C25H25ClN2O/c1-17-8-6-9-20(14-17)25-27-22-10-4-5-11-23(22)28(25)12-7-13-29-21-15-18(2)24(26)19(3)16-21/h4-6,8-11,14-16H,7,12-13H2,1-3H3. The van der Waals surface area contributed by atoms with Crippen LogP contribution in [0.15, 0.2) is 60.7 Å². The molecule has 0 unspecified atom stereocenters. The zero-order chi connectivity index (χ0) is 20.4. The van der Waals surface area contributed by atoms with Crippen LogP contribution in [0.2, 0.25) is 5.02 Å². The first kappa shape index (κ1) is 19.5. The van der Waals surface area contributed by atoms with E-state index in [4.69, 9.17) is 21.3 Å². The third-order valence-electron chi connectivity index (χ3n) is 5.14. The summed E-state index contributed by atoms with van der Waals surface area (Å²) in [6.45, 7) is 7.61. The van der Waals surface area contributed by atoms with Gasteiger partial charge in [-0.1, -0.05) is 47.5 Å². The van der Waals surface area contributed by atoms with Gasteiger partial charge in [-0.25, -0.2) is 4.98 Å². The van der Waals surface area contributed by atoms with Gasteiger partial charge in [0.15, 0.2) is 0 Å². The highest BCUT2D eigenvalue weighted by atomic mass is 35.5. The summed E-state index contributed by atoms with van der Waals surface area (Å²) >= 11 is 6.25. The van der Waals surface area contributed by atoms with Gasteiger partial charge in [-0.05, 0) is 68.7 Å². The third kappa shape index (κ3) is 4.15. The minimum atomic E-state index is 0.639. The second kappa shape index (κ2) is 8.30. The molecule has 0 aliphatic rings. The highest BCUT2D eigenvalue weighted by Crippen LogP contribution is 2.27. The van der Waals surface area contributed by atoms with Crippen LogP contribution in [-0.2, 0) is 6.54 Å². The van der Waals surface area contributed by atoms with Gasteiger partial charge in [0, 0.05) is 17.1 Å². The molecule has 0 atom stereocenters. The van der Waals surface area contributed by atoms with Crippen LogP contribution in [0.3, 0.4) is 0 Å². The number of aromatic nitrogens is 2. The number of halogens is 1. The molecule has 0 saturated carbocycles. The van der Waals surface area contributed by atoms with Crippen LogP contribution in [0, 0.1) is 20.8 Å². The molecular formula is C25H25ClN2O. The summed E-state index contributed by atoms with van der Waals surface area (Å²) in [5.41, 5.74) is 6.65. The first-order valence-corrected chi connectivity index (χ1v) is 10.3. The Morgan fingerprint density at radius 3 is 2.45 bits per heavy atom. The molecule has 1 aromatic heterocycles. The summed E-state index contributed by atoms with van der Waals surface area (Å²) < 4.78 is 8.30. The molecule has 0 aliphatic carbocycles. The molecular weight excluding hydrogens is 380 g/mol. The number of imidazole rings is 1. The largest absolute Gasteiger partial charge is 0.494 e. The number of rotatable bonds is 6. The molecule has 1 heterocycles. The average molecular weight is 405 g/mol. The number of ether oxygens (including phenoxy) is 1. The molecule has 0 bridgehead atoms. The smallest absolute Gasteiger partial charge is 0.141 e. The molecule has 0 N–H and O–H groups in total. The number of para-hydroxylation sites is 2.